The van der Waals surface area contributed by atoms with Crippen molar-refractivity contribution >= 4 is 5.91 Å². The number of nitrogens with zero attached hydrogens (tertiary/aromatic N) is 5. The van der Waals surface area contributed by atoms with Crippen LogP contribution in [0.2, 0.25) is 0 Å². The Labute approximate surface area is 147 Å². The molecule has 0 bridgehead atoms. The first-order chi connectivity index (χ1) is 12.0. The van der Waals surface area contributed by atoms with Crippen molar-refractivity contribution in [3.63, 3.8) is 0 Å². The largest absolute Gasteiger partial charge is 0.493 e. The molecular weight excluding hydrogens is 318 g/mol. The smallest absolute Gasteiger partial charge is 0.247 e. The number of hydrogen-bond acceptors (Lipinski definition) is 5. The summed E-state index contributed by atoms with van der Waals surface area (Å²) < 4.78 is 7.64. The number of aromatic nitrogens is 3. The maximum absolute atomic E-state index is 12.8. The lowest BCUT2D eigenvalue weighted by Crippen LogP contribution is -2.45. The summed E-state index contributed by atoms with van der Waals surface area (Å²) in [5.74, 6) is 2.63. The summed E-state index contributed by atoms with van der Waals surface area (Å²) in [5, 5.41) is 8.47. The molecule has 132 valence electrons. The Morgan fingerprint density at radius 2 is 2.16 bits per heavy atom. The van der Waals surface area contributed by atoms with E-state index in [1.54, 1.807) is 19.0 Å². The molecule has 0 spiro atoms. The van der Waals surface area contributed by atoms with E-state index in [0.29, 0.717) is 6.54 Å². The molecule has 1 unspecified atom stereocenters. The standard InChI is InChI=1S/C18H23N5O2/c1-12-19-20-17-16(18(24)21(2)3)22(7-8-23(12)17)11-13-4-5-15-14(10-13)6-9-25-15/h4-5,10,16H,6-9,11H2,1-3H3. The Kier molecular flexibility index (Phi) is 3.95. The average Bonchev–Trinajstić information content (AvgIpc) is 3.20. The van der Waals surface area contributed by atoms with Crippen LogP contribution in [0.5, 0.6) is 5.75 Å². The van der Waals surface area contributed by atoms with E-state index < -0.39 is 6.04 Å². The zero-order valence-corrected chi connectivity index (χ0v) is 14.9. The molecule has 0 aliphatic carbocycles. The van der Waals surface area contributed by atoms with Crippen molar-refractivity contribution in [1.29, 1.82) is 0 Å². The summed E-state index contributed by atoms with van der Waals surface area (Å²) in [4.78, 5) is 16.7. The van der Waals surface area contributed by atoms with Crippen LogP contribution in [-0.4, -0.2) is 57.7 Å². The van der Waals surface area contributed by atoms with Crippen molar-refractivity contribution in [3.8, 4) is 5.75 Å². The fraction of sp³-hybridized carbons (Fsp3) is 0.500. The fourth-order valence-electron chi connectivity index (χ4n) is 3.65. The van der Waals surface area contributed by atoms with E-state index in [2.05, 4.69) is 31.8 Å². The molecule has 1 aromatic heterocycles. The van der Waals surface area contributed by atoms with Gasteiger partial charge < -0.3 is 14.2 Å². The molecule has 0 saturated heterocycles. The van der Waals surface area contributed by atoms with E-state index in [1.165, 1.54) is 11.1 Å². The average molecular weight is 341 g/mol. The lowest BCUT2D eigenvalue weighted by atomic mass is 10.1. The highest BCUT2D eigenvalue weighted by Gasteiger charge is 2.37. The van der Waals surface area contributed by atoms with Crippen LogP contribution in [0.25, 0.3) is 0 Å². The quantitative estimate of drug-likeness (QED) is 0.838. The number of carbonyl (C=O) groups is 1. The lowest BCUT2D eigenvalue weighted by molar-refractivity contribution is -0.136. The molecule has 1 atom stereocenters. The molecule has 2 aliphatic rings. The Bertz CT molecular complexity index is 814. The van der Waals surface area contributed by atoms with Crippen LogP contribution in [0.3, 0.4) is 0 Å². The number of benzene rings is 1. The topological polar surface area (TPSA) is 63.5 Å². The first-order valence-electron chi connectivity index (χ1n) is 8.64. The van der Waals surface area contributed by atoms with Crippen LogP contribution in [-0.2, 0) is 24.3 Å². The van der Waals surface area contributed by atoms with Gasteiger partial charge in [-0.2, -0.15) is 0 Å². The van der Waals surface area contributed by atoms with Gasteiger partial charge in [-0.05, 0) is 24.1 Å². The molecule has 1 amide bonds. The van der Waals surface area contributed by atoms with Crippen LogP contribution in [0.4, 0.5) is 0 Å². The molecule has 7 heteroatoms. The van der Waals surface area contributed by atoms with Crippen LogP contribution < -0.4 is 4.74 Å². The van der Waals surface area contributed by atoms with E-state index in [4.69, 9.17) is 4.74 Å². The summed E-state index contributed by atoms with van der Waals surface area (Å²) in [6.45, 7) is 5.00. The molecule has 0 saturated carbocycles. The predicted molar refractivity (Wildman–Crippen MR) is 92.2 cm³/mol. The summed E-state index contributed by atoms with van der Waals surface area (Å²) in [6, 6.07) is 5.93. The van der Waals surface area contributed by atoms with E-state index in [1.807, 2.05) is 13.0 Å². The van der Waals surface area contributed by atoms with E-state index in [0.717, 1.165) is 43.5 Å². The molecule has 3 heterocycles. The van der Waals surface area contributed by atoms with E-state index in [-0.39, 0.29) is 5.91 Å². The summed E-state index contributed by atoms with van der Waals surface area (Å²) in [7, 11) is 3.57. The molecule has 7 nitrogen and oxygen atoms in total. The first-order valence-corrected chi connectivity index (χ1v) is 8.64. The summed E-state index contributed by atoms with van der Waals surface area (Å²) >= 11 is 0. The van der Waals surface area contributed by atoms with Crippen molar-refractivity contribution < 1.29 is 9.53 Å². The van der Waals surface area contributed by atoms with Gasteiger partial charge in [-0.3, -0.25) is 9.69 Å². The van der Waals surface area contributed by atoms with Crippen molar-refractivity contribution in [2.75, 3.05) is 27.2 Å². The van der Waals surface area contributed by atoms with Crippen LogP contribution >= 0.6 is 0 Å². The normalized spacial score (nSPS) is 19.2. The highest BCUT2D eigenvalue weighted by molar-refractivity contribution is 5.82. The number of ether oxygens (including phenoxy) is 1. The third kappa shape index (κ3) is 2.78. The monoisotopic (exact) mass is 341 g/mol. The van der Waals surface area contributed by atoms with Crippen LogP contribution in [0.1, 0.15) is 28.8 Å². The van der Waals surface area contributed by atoms with Crippen LogP contribution in [0.15, 0.2) is 18.2 Å². The minimum absolute atomic E-state index is 0.0397. The first kappa shape index (κ1) is 16.1. The Morgan fingerprint density at radius 1 is 1.32 bits per heavy atom. The number of amides is 1. The van der Waals surface area contributed by atoms with Gasteiger partial charge in [0, 0.05) is 40.2 Å². The Balaban J connectivity index is 1.64. The van der Waals surface area contributed by atoms with Gasteiger partial charge in [-0.1, -0.05) is 12.1 Å². The minimum atomic E-state index is -0.394. The van der Waals surface area contributed by atoms with Gasteiger partial charge in [-0.15, -0.1) is 10.2 Å². The fourth-order valence-corrected chi connectivity index (χ4v) is 3.65. The summed E-state index contributed by atoms with van der Waals surface area (Å²) in [6.07, 6.45) is 0.955. The number of aryl methyl sites for hydroxylation is 1. The van der Waals surface area contributed by atoms with Gasteiger partial charge in [0.15, 0.2) is 11.9 Å². The SMILES string of the molecule is Cc1nnc2n1CCN(Cc1ccc3c(c1)CCO3)C2C(=O)N(C)C. The molecule has 0 radical (unpaired) electrons. The molecule has 1 aromatic carbocycles. The van der Waals surface area contributed by atoms with Crippen LogP contribution in [0, 0.1) is 6.92 Å². The highest BCUT2D eigenvalue weighted by atomic mass is 16.5. The minimum Gasteiger partial charge on any atom is -0.493 e. The molecule has 0 fully saturated rings. The Hall–Kier alpha value is -2.41. The molecule has 2 aromatic rings. The molecular formula is C18H23N5O2. The van der Waals surface area contributed by atoms with Crippen molar-refractivity contribution in [2.45, 2.75) is 32.5 Å². The van der Waals surface area contributed by atoms with Crippen molar-refractivity contribution in [1.82, 2.24) is 24.6 Å². The van der Waals surface area contributed by atoms with Gasteiger partial charge in [0.2, 0.25) is 5.91 Å². The van der Waals surface area contributed by atoms with Crippen molar-refractivity contribution in [3.05, 3.63) is 41.0 Å². The second-order valence-corrected chi connectivity index (χ2v) is 6.90. The van der Waals surface area contributed by atoms with Gasteiger partial charge in [0.25, 0.3) is 0 Å². The van der Waals surface area contributed by atoms with Gasteiger partial charge in [0.1, 0.15) is 11.6 Å². The maximum atomic E-state index is 12.8. The molecule has 2 aliphatic heterocycles. The number of hydrogen-bond donors (Lipinski definition) is 0. The Morgan fingerprint density at radius 3 is 2.96 bits per heavy atom. The molecule has 0 N–H and O–H groups in total. The number of fused-ring (bicyclic) bond motifs is 2. The second-order valence-electron chi connectivity index (χ2n) is 6.90. The number of carbonyl (C=O) groups excluding carboxylic acids is 1. The van der Waals surface area contributed by atoms with Gasteiger partial charge >= 0.3 is 0 Å². The predicted octanol–water partition coefficient (Wildman–Crippen LogP) is 1.17. The summed E-state index contributed by atoms with van der Waals surface area (Å²) in [5.41, 5.74) is 2.45. The third-order valence-electron chi connectivity index (χ3n) is 5.00. The lowest BCUT2D eigenvalue weighted by Gasteiger charge is -2.36. The zero-order valence-electron chi connectivity index (χ0n) is 14.9. The van der Waals surface area contributed by atoms with E-state index >= 15 is 0 Å². The van der Waals surface area contributed by atoms with E-state index in [9.17, 15) is 4.79 Å². The maximum Gasteiger partial charge on any atom is 0.247 e. The number of likely N-dealkylation sites (N-methyl/N-ethyl adjacent to an activating group) is 1. The zero-order chi connectivity index (χ0) is 17.6. The van der Waals surface area contributed by atoms with Gasteiger partial charge in [-0.25, -0.2) is 0 Å². The van der Waals surface area contributed by atoms with Gasteiger partial charge in [0.05, 0.1) is 6.61 Å². The third-order valence-corrected chi connectivity index (χ3v) is 5.00. The second kappa shape index (κ2) is 6.15. The molecule has 4 rings (SSSR count). The number of rotatable bonds is 3. The molecule has 25 heavy (non-hydrogen) atoms. The highest BCUT2D eigenvalue weighted by Crippen LogP contribution is 2.30. The van der Waals surface area contributed by atoms with Crippen molar-refractivity contribution in [2.24, 2.45) is 0 Å².